The highest BCUT2D eigenvalue weighted by molar-refractivity contribution is 14.1. The van der Waals surface area contributed by atoms with Gasteiger partial charge in [-0.15, -0.1) is 5.10 Å². The summed E-state index contributed by atoms with van der Waals surface area (Å²) >= 11 is 7.59. The molecule has 0 amide bonds. The highest BCUT2D eigenvalue weighted by atomic mass is 127. The zero-order chi connectivity index (χ0) is 18.0. The molecule has 0 bridgehead atoms. The monoisotopic (exact) mass is 465 g/mol. The van der Waals surface area contributed by atoms with Gasteiger partial charge < -0.3 is 9.73 Å². The van der Waals surface area contributed by atoms with Crippen LogP contribution in [-0.2, 0) is 12.1 Å². The van der Waals surface area contributed by atoms with E-state index in [9.17, 15) is 0 Å². The van der Waals surface area contributed by atoms with Gasteiger partial charge in [-0.1, -0.05) is 45.0 Å². The van der Waals surface area contributed by atoms with Crippen LogP contribution in [0.1, 0.15) is 26.3 Å². The van der Waals surface area contributed by atoms with Crippen molar-refractivity contribution < 1.29 is 4.42 Å². The molecule has 0 atom stereocenters. The summed E-state index contributed by atoms with van der Waals surface area (Å²) in [6, 6.07) is 16.3. The van der Waals surface area contributed by atoms with E-state index in [-0.39, 0.29) is 5.41 Å². The molecule has 130 valence electrons. The van der Waals surface area contributed by atoms with Gasteiger partial charge in [0.15, 0.2) is 0 Å². The minimum atomic E-state index is 0.120. The molecule has 2 aromatic carbocycles. The van der Waals surface area contributed by atoms with Crippen molar-refractivity contribution in [2.75, 3.05) is 5.32 Å². The minimum absolute atomic E-state index is 0.120. The van der Waals surface area contributed by atoms with Gasteiger partial charge in [0.25, 0.3) is 4.84 Å². The summed E-state index contributed by atoms with van der Waals surface area (Å²) in [6.07, 6.45) is 0. The number of anilines is 1. The fourth-order valence-electron chi connectivity index (χ4n) is 2.40. The van der Waals surface area contributed by atoms with Crippen LogP contribution >= 0.6 is 34.8 Å². The molecule has 0 aliphatic rings. The normalized spacial score (nSPS) is 11.5. The van der Waals surface area contributed by atoms with Crippen LogP contribution in [-0.4, -0.2) is 9.78 Å². The van der Waals surface area contributed by atoms with E-state index in [1.165, 1.54) is 5.56 Å². The van der Waals surface area contributed by atoms with Crippen molar-refractivity contribution in [2.24, 2.45) is 0 Å². The number of rotatable bonds is 4. The number of halogens is 1. The highest BCUT2D eigenvalue weighted by Gasteiger charge is 2.14. The van der Waals surface area contributed by atoms with Gasteiger partial charge in [-0.25, -0.2) is 4.68 Å². The average molecular weight is 465 g/mol. The molecular weight excluding hydrogens is 445 g/mol. The molecule has 3 aromatic rings. The summed E-state index contributed by atoms with van der Waals surface area (Å²) in [4.78, 5) is 0.355. The van der Waals surface area contributed by atoms with E-state index < -0.39 is 0 Å². The van der Waals surface area contributed by atoms with Crippen LogP contribution < -0.4 is 5.32 Å². The largest absolute Gasteiger partial charge is 0.409 e. The van der Waals surface area contributed by atoms with Crippen LogP contribution in [0.3, 0.4) is 0 Å². The quantitative estimate of drug-likeness (QED) is 0.388. The van der Waals surface area contributed by atoms with Crippen molar-refractivity contribution in [3.63, 3.8) is 0 Å². The maximum Gasteiger partial charge on any atom is 0.289 e. The summed E-state index contributed by atoms with van der Waals surface area (Å²) in [5.41, 5.74) is 3.36. The molecule has 6 heteroatoms. The third-order valence-corrected chi connectivity index (χ3v) is 5.13. The van der Waals surface area contributed by atoms with E-state index in [1.54, 1.807) is 4.68 Å². The Hall–Kier alpha value is -1.67. The molecular formula is C19H20IN3OS. The molecule has 1 N–H and O–H groups in total. The third kappa shape index (κ3) is 4.30. The Labute approximate surface area is 166 Å². The van der Waals surface area contributed by atoms with E-state index in [2.05, 4.69) is 65.9 Å². The molecule has 0 aliphatic carbocycles. The van der Waals surface area contributed by atoms with Gasteiger partial charge in [-0.2, -0.15) is 0 Å². The first kappa shape index (κ1) is 18.1. The van der Waals surface area contributed by atoms with Crippen molar-refractivity contribution in [2.45, 2.75) is 32.9 Å². The van der Waals surface area contributed by atoms with E-state index in [0.29, 0.717) is 17.4 Å². The summed E-state index contributed by atoms with van der Waals surface area (Å²) in [6.45, 7) is 7.04. The summed E-state index contributed by atoms with van der Waals surface area (Å²) in [7, 11) is 0. The lowest BCUT2D eigenvalue weighted by Gasteiger charge is -2.18. The fourth-order valence-corrected chi connectivity index (χ4v) is 3.16. The summed E-state index contributed by atoms with van der Waals surface area (Å²) in [5, 5.41) is 7.83. The lowest BCUT2D eigenvalue weighted by Crippen LogP contribution is -2.11. The molecule has 0 saturated heterocycles. The number of hydrogen-bond donors (Lipinski definition) is 1. The van der Waals surface area contributed by atoms with Gasteiger partial charge in [0.05, 0.1) is 0 Å². The summed E-state index contributed by atoms with van der Waals surface area (Å²) < 4.78 is 8.47. The van der Waals surface area contributed by atoms with Gasteiger partial charge in [0, 0.05) is 14.8 Å². The van der Waals surface area contributed by atoms with Crippen LogP contribution in [0.2, 0.25) is 0 Å². The SMILES string of the molecule is CC(C)(C)c1ccc(-c2nn(CNc3ccccc3I)c(=S)o2)cc1. The molecule has 1 aromatic heterocycles. The zero-order valence-corrected chi connectivity index (χ0v) is 17.4. The second-order valence-electron chi connectivity index (χ2n) is 6.81. The van der Waals surface area contributed by atoms with Crippen molar-refractivity contribution in [3.8, 4) is 11.5 Å². The number of hydrogen-bond acceptors (Lipinski definition) is 4. The number of benzene rings is 2. The van der Waals surface area contributed by atoms with Crippen molar-refractivity contribution in [1.29, 1.82) is 0 Å². The predicted molar refractivity (Wildman–Crippen MR) is 112 cm³/mol. The van der Waals surface area contributed by atoms with Crippen LogP contribution in [0.15, 0.2) is 52.9 Å². The second-order valence-corrected chi connectivity index (χ2v) is 8.33. The molecule has 4 nitrogen and oxygen atoms in total. The fraction of sp³-hybridized carbons (Fsp3) is 0.263. The minimum Gasteiger partial charge on any atom is -0.409 e. The van der Waals surface area contributed by atoms with E-state index in [0.717, 1.165) is 14.8 Å². The number of aromatic nitrogens is 2. The van der Waals surface area contributed by atoms with E-state index >= 15 is 0 Å². The maximum absolute atomic E-state index is 5.67. The molecule has 0 fully saturated rings. The standard InChI is InChI=1S/C19H20IN3OS/c1-19(2,3)14-10-8-13(9-11-14)17-22-23(18(25)24-17)12-21-16-7-5-4-6-15(16)20/h4-11,21H,12H2,1-3H3. The van der Waals surface area contributed by atoms with Gasteiger partial charge >= 0.3 is 0 Å². The van der Waals surface area contributed by atoms with Crippen molar-refractivity contribution in [3.05, 3.63) is 62.5 Å². The smallest absolute Gasteiger partial charge is 0.289 e. The first-order valence-electron chi connectivity index (χ1n) is 8.02. The lowest BCUT2D eigenvalue weighted by molar-refractivity contribution is 0.522. The first-order chi connectivity index (χ1) is 11.8. The summed E-state index contributed by atoms with van der Waals surface area (Å²) in [5.74, 6) is 0.537. The van der Waals surface area contributed by atoms with E-state index in [4.69, 9.17) is 16.6 Å². The van der Waals surface area contributed by atoms with Crippen LogP contribution in [0, 0.1) is 8.41 Å². The topological polar surface area (TPSA) is 43.0 Å². The Morgan fingerprint density at radius 2 is 1.80 bits per heavy atom. The van der Waals surface area contributed by atoms with Crippen molar-refractivity contribution >= 4 is 40.5 Å². The Balaban J connectivity index is 1.78. The van der Waals surface area contributed by atoms with Crippen LogP contribution in [0.4, 0.5) is 5.69 Å². The molecule has 3 rings (SSSR count). The Morgan fingerprint density at radius 1 is 1.12 bits per heavy atom. The zero-order valence-electron chi connectivity index (χ0n) is 14.4. The second kappa shape index (κ2) is 7.29. The van der Waals surface area contributed by atoms with Gasteiger partial charge in [0.2, 0.25) is 5.89 Å². The maximum atomic E-state index is 5.67. The Kier molecular flexibility index (Phi) is 5.29. The molecule has 0 aliphatic heterocycles. The number of para-hydroxylation sites is 1. The average Bonchev–Trinajstić information content (AvgIpc) is 2.94. The number of nitrogens with zero attached hydrogens (tertiary/aromatic N) is 2. The lowest BCUT2D eigenvalue weighted by atomic mass is 9.87. The van der Waals surface area contributed by atoms with Gasteiger partial charge in [-0.05, 0) is 70.1 Å². The number of nitrogens with one attached hydrogen (secondary N) is 1. The molecule has 0 radical (unpaired) electrons. The van der Waals surface area contributed by atoms with Crippen LogP contribution in [0.5, 0.6) is 0 Å². The molecule has 0 saturated carbocycles. The Morgan fingerprint density at radius 3 is 2.44 bits per heavy atom. The first-order valence-corrected chi connectivity index (χ1v) is 9.50. The van der Waals surface area contributed by atoms with E-state index in [1.807, 2.05) is 36.4 Å². The molecule has 0 spiro atoms. The van der Waals surface area contributed by atoms with Crippen molar-refractivity contribution in [1.82, 2.24) is 9.78 Å². The predicted octanol–water partition coefficient (Wildman–Crippen LogP) is 5.84. The van der Waals surface area contributed by atoms with Crippen LogP contribution in [0.25, 0.3) is 11.5 Å². The molecule has 1 heterocycles. The highest BCUT2D eigenvalue weighted by Crippen LogP contribution is 2.25. The molecule has 25 heavy (non-hydrogen) atoms. The third-order valence-electron chi connectivity index (χ3n) is 3.90. The molecule has 0 unspecified atom stereocenters. The van der Waals surface area contributed by atoms with Gasteiger partial charge in [-0.3, -0.25) is 0 Å². The Bertz CT molecular complexity index is 923. The van der Waals surface area contributed by atoms with Gasteiger partial charge in [0.1, 0.15) is 6.67 Å².